The molecular weight excluding hydrogens is 527 g/mol. The molecule has 4 aromatic rings. The van der Waals surface area contributed by atoms with Gasteiger partial charge in [0.25, 0.3) is 0 Å². The Bertz CT molecular complexity index is 1240. The van der Waals surface area contributed by atoms with Gasteiger partial charge in [-0.1, -0.05) is 0 Å². The van der Waals surface area contributed by atoms with Crippen molar-refractivity contribution in [3.63, 3.8) is 0 Å². The molecule has 0 atom stereocenters. The summed E-state index contributed by atoms with van der Waals surface area (Å²) in [4.78, 5) is 5.36. The van der Waals surface area contributed by atoms with E-state index in [2.05, 4.69) is 94.8 Å². The van der Waals surface area contributed by atoms with Crippen LogP contribution < -0.4 is 7.16 Å². The molecule has 0 saturated carbocycles. The average Bonchev–Trinajstić information content (AvgIpc) is 2.87. The number of aryl methyl sites for hydroxylation is 8. The van der Waals surface area contributed by atoms with Crippen molar-refractivity contribution in [2.45, 2.75) is 61.2 Å². The molecule has 0 aliphatic heterocycles. The Morgan fingerprint density at radius 2 is 0.657 bits per heavy atom. The van der Waals surface area contributed by atoms with Crippen LogP contribution in [0.5, 0.6) is 0 Å². The first kappa shape index (κ1) is 23.1. The summed E-state index contributed by atoms with van der Waals surface area (Å²) in [5, 5.41) is 0. The Balaban J connectivity index is 1.42. The molecule has 0 saturated heterocycles. The summed E-state index contributed by atoms with van der Waals surface area (Å²) in [6, 6.07) is 33.9. The number of benzene rings is 4. The van der Waals surface area contributed by atoms with Crippen molar-refractivity contribution in [1.29, 1.82) is 0 Å². The first-order valence-electron chi connectivity index (χ1n) is 13.4. The summed E-state index contributed by atoms with van der Waals surface area (Å²) >= 11 is -2.85. The zero-order valence-corrected chi connectivity index (χ0v) is 24.1. The molecule has 4 aromatic carbocycles. The van der Waals surface area contributed by atoms with Gasteiger partial charge >= 0.3 is 216 Å². The van der Waals surface area contributed by atoms with Gasteiger partial charge in [0.05, 0.1) is 0 Å². The molecule has 0 radical (unpaired) electrons. The van der Waals surface area contributed by atoms with Crippen molar-refractivity contribution < 1.29 is 0 Å². The minimum atomic E-state index is -2.85. The van der Waals surface area contributed by atoms with Crippen molar-refractivity contribution in [3.05, 3.63) is 129 Å². The van der Waals surface area contributed by atoms with Gasteiger partial charge in [-0.3, -0.25) is 0 Å². The van der Waals surface area contributed by atoms with Gasteiger partial charge in [0.15, 0.2) is 0 Å². The molecule has 12 rings (SSSR count). The van der Waals surface area contributed by atoms with E-state index in [4.69, 9.17) is 0 Å². The van der Waals surface area contributed by atoms with Crippen LogP contribution >= 0.6 is 0 Å². The molecule has 1 heteroatoms. The summed E-state index contributed by atoms with van der Waals surface area (Å²) in [7, 11) is 0. The molecule has 0 amide bonds. The van der Waals surface area contributed by atoms with Gasteiger partial charge in [0, 0.05) is 0 Å². The molecule has 0 aromatic heterocycles. The fourth-order valence-corrected chi connectivity index (χ4v) is 15.9. The molecule has 8 bridgehead atoms. The number of hydrogen-bond acceptors (Lipinski definition) is 0. The molecule has 0 unspecified atom stereocenters. The quantitative estimate of drug-likeness (QED) is 0.252. The third kappa shape index (κ3) is 4.87. The second-order valence-electron chi connectivity index (χ2n) is 11.2. The maximum absolute atomic E-state index is 2.85. The molecule has 8 aliphatic carbocycles. The zero-order valence-electron chi connectivity index (χ0n) is 21.2. The van der Waals surface area contributed by atoms with Crippen LogP contribution in [0.4, 0.5) is 0 Å². The molecule has 176 valence electrons. The standard InChI is InChI=1S/2C16H15.2CH3.Sn/c2*1-2-14-4-3-13(1)9-10-15-5-7-16(8-6-15)12-11-14;;;/h2*1-7H,9-12H2;2*1H3;. The van der Waals surface area contributed by atoms with Crippen LogP contribution in [0.25, 0.3) is 0 Å². The fraction of sp³-hybridized carbons (Fsp3) is 0.294. The molecule has 8 aliphatic rings. The second-order valence-corrected chi connectivity index (χ2v) is 23.6. The van der Waals surface area contributed by atoms with Crippen LogP contribution in [0.3, 0.4) is 0 Å². The van der Waals surface area contributed by atoms with Crippen LogP contribution in [-0.2, 0) is 51.4 Å². The van der Waals surface area contributed by atoms with Crippen molar-refractivity contribution in [3.8, 4) is 0 Å². The van der Waals surface area contributed by atoms with Crippen molar-refractivity contribution in [1.82, 2.24) is 0 Å². The summed E-state index contributed by atoms with van der Waals surface area (Å²) in [6.07, 6.45) is 9.11. The summed E-state index contributed by atoms with van der Waals surface area (Å²) in [6.45, 7) is 0. The van der Waals surface area contributed by atoms with Gasteiger partial charge in [-0.2, -0.15) is 0 Å². The predicted octanol–water partition coefficient (Wildman–Crippen LogP) is 6.28. The third-order valence-corrected chi connectivity index (χ3v) is 18.9. The third-order valence-electron chi connectivity index (χ3n) is 8.51. The second kappa shape index (κ2) is 9.62. The van der Waals surface area contributed by atoms with Crippen molar-refractivity contribution >= 4 is 25.5 Å². The first-order valence-corrected chi connectivity index (χ1v) is 22.0. The molecule has 0 N–H and O–H groups in total. The van der Waals surface area contributed by atoms with E-state index in [0.717, 1.165) is 51.4 Å². The van der Waals surface area contributed by atoms with E-state index in [1.807, 2.05) is 0 Å². The van der Waals surface area contributed by atoms with Crippen LogP contribution in [0.2, 0.25) is 9.88 Å². The number of hydrogen-bond donors (Lipinski definition) is 0. The Kier molecular flexibility index (Phi) is 6.35. The van der Waals surface area contributed by atoms with Gasteiger partial charge in [-0.25, -0.2) is 0 Å². The van der Waals surface area contributed by atoms with Gasteiger partial charge < -0.3 is 0 Å². The van der Waals surface area contributed by atoms with E-state index in [1.54, 1.807) is 18.3 Å². The van der Waals surface area contributed by atoms with Gasteiger partial charge in [-0.15, -0.1) is 0 Å². The number of rotatable bonds is 2. The summed E-state index contributed by atoms with van der Waals surface area (Å²) in [5.41, 5.74) is 12.1. The van der Waals surface area contributed by atoms with Crippen LogP contribution in [0.15, 0.2) is 84.9 Å². The Hall–Kier alpha value is -2.32. The Labute approximate surface area is 215 Å². The van der Waals surface area contributed by atoms with Gasteiger partial charge in [0.1, 0.15) is 0 Å². The monoisotopic (exact) mass is 564 g/mol. The molecule has 0 spiro atoms. The van der Waals surface area contributed by atoms with E-state index in [1.165, 1.54) is 33.4 Å². The van der Waals surface area contributed by atoms with Crippen molar-refractivity contribution in [2.24, 2.45) is 0 Å². The fourth-order valence-electron chi connectivity index (χ4n) is 6.18. The van der Waals surface area contributed by atoms with Gasteiger partial charge in [0.2, 0.25) is 0 Å². The van der Waals surface area contributed by atoms with E-state index in [-0.39, 0.29) is 0 Å². The zero-order chi connectivity index (χ0) is 23.8. The topological polar surface area (TPSA) is 0 Å². The van der Waals surface area contributed by atoms with Crippen LogP contribution in [0.1, 0.15) is 44.5 Å². The van der Waals surface area contributed by atoms with E-state index in [9.17, 15) is 0 Å². The molecule has 35 heavy (non-hydrogen) atoms. The molecule has 0 fully saturated rings. The van der Waals surface area contributed by atoms with Crippen LogP contribution in [-0.4, -0.2) is 18.4 Å². The average molecular weight is 563 g/mol. The Morgan fingerprint density at radius 1 is 0.371 bits per heavy atom. The van der Waals surface area contributed by atoms with Crippen molar-refractivity contribution in [2.75, 3.05) is 0 Å². The van der Waals surface area contributed by atoms with Crippen LogP contribution in [0, 0.1) is 0 Å². The maximum atomic E-state index is 2.68. The minimum absolute atomic E-state index is 1.13. The summed E-state index contributed by atoms with van der Waals surface area (Å²) in [5.74, 6) is 0. The van der Waals surface area contributed by atoms with E-state index in [0.29, 0.717) is 0 Å². The SMILES string of the molecule is [CH3][Sn]([CH3])([c]1cc2ccc1CCc1ccc(cc1)CC2)[c]1cc2ccc1CCc1ccc(cc1)CC2. The van der Waals surface area contributed by atoms with Gasteiger partial charge in [-0.05, 0) is 0 Å². The molecular formula is C34H36Sn. The first-order chi connectivity index (χ1) is 17.0. The molecule has 0 nitrogen and oxygen atoms in total. The van der Waals surface area contributed by atoms with E-state index >= 15 is 0 Å². The summed E-state index contributed by atoms with van der Waals surface area (Å²) < 4.78 is 3.47. The predicted molar refractivity (Wildman–Crippen MR) is 152 cm³/mol. The van der Waals surface area contributed by atoms with E-state index < -0.39 is 18.4 Å². The normalized spacial score (nSPS) is 15.4. The molecule has 0 heterocycles. The Morgan fingerprint density at radius 3 is 1.03 bits per heavy atom.